The lowest BCUT2D eigenvalue weighted by atomic mass is 10.1. The molecule has 7 heteroatoms. The zero-order valence-electron chi connectivity index (χ0n) is 9.70. The van der Waals surface area contributed by atoms with Crippen LogP contribution in [-0.2, 0) is 14.8 Å². The Morgan fingerprint density at radius 2 is 1.94 bits per heavy atom. The first-order valence-electron chi connectivity index (χ1n) is 4.81. The molecule has 92 valence electrons. The molecule has 16 heavy (non-hydrogen) atoms. The summed E-state index contributed by atoms with van der Waals surface area (Å²) in [4.78, 5) is 11.3. The van der Waals surface area contributed by atoms with Crippen molar-refractivity contribution in [3.8, 4) is 6.07 Å². The average molecular weight is 247 g/mol. The lowest BCUT2D eigenvalue weighted by Crippen LogP contribution is -2.42. The van der Waals surface area contributed by atoms with Crippen LogP contribution >= 0.6 is 0 Å². The summed E-state index contributed by atoms with van der Waals surface area (Å²) in [6, 6.07) is 1.53. The van der Waals surface area contributed by atoms with Gasteiger partial charge in [-0.1, -0.05) is 0 Å². The molecule has 2 N–H and O–H groups in total. The van der Waals surface area contributed by atoms with Crippen molar-refractivity contribution in [2.24, 2.45) is 0 Å². The van der Waals surface area contributed by atoms with Gasteiger partial charge in [0.2, 0.25) is 15.9 Å². The van der Waals surface area contributed by atoms with Crippen LogP contribution < -0.4 is 10.0 Å². The lowest BCUT2D eigenvalue weighted by molar-refractivity contribution is -0.122. The fourth-order valence-electron chi connectivity index (χ4n) is 0.937. The Hall–Kier alpha value is -1.13. The van der Waals surface area contributed by atoms with E-state index in [-0.39, 0.29) is 24.4 Å². The van der Waals surface area contributed by atoms with Gasteiger partial charge in [-0.05, 0) is 20.8 Å². The van der Waals surface area contributed by atoms with Crippen molar-refractivity contribution in [2.45, 2.75) is 32.7 Å². The first-order valence-corrected chi connectivity index (χ1v) is 6.47. The highest BCUT2D eigenvalue weighted by atomic mass is 32.2. The zero-order valence-corrected chi connectivity index (χ0v) is 10.5. The van der Waals surface area contributed by atoms with Gasteiger partial charge in [-0.2, -0.15) is 5.26 Å². The van der Waals surface area contributed by atoms with Crippen LogP contribution in [0.3, 0.4) is 0 Å². The number of carbonyl (C=O) groups is 1. The molecule has 0 rings (SSSR count). The largest absolute Gasteiger partial charge is 0.351 e. The third-order valence-electron chi connectivity index (χ3n) is 1.44. The molecule has 0 radical (unpaired) electrons. The maximum absolute atomic E-state index is 11.3. The number of carbonyl (C=O) groups excluding carboxylic acids is 1. The van der Waals surface area contributed by atoms with E-state index in [1.54, 1.807) is 0 Å². The second kappa shape index (κ2) is 5.82. The summed E-state index contributed by atoms with van der Waals surface area (Å²) in [6.07, 6.45) is 0.0575. The van der Waals surface area contributed by atoms with Gasteiger partial charge in [0.15, 0.2) is 5.75 Å². The number of nitrogens with zero attached hydrogens (tertiary/aromatic N) is 1. The number of nitriles is 1. The van der Waals surface area contributed by atoms with Gasteiger partial charge < -0.3 is 5.32 Å². The molecule has 0 aliphatic rings. The summed E-state index contributed by atoms with van der Waals surface area (Å²) < 4.78 is 24.2. The number of sulfonamides is 1. The summed E-state index contributed by atoms with van der Waals surface area (Å²) in [6.45, 7) is 5.52. The first-order chi connectivity index (χ1) is 7.16. The van der Waals surface area contributed by atoms with E-state index in [4.69, 9.17) is 5.26 Å². The number of hydrogen-bond acceptors (Lipinski definition) is 4. The average Bonchev–Trinajstić information content (AvgIpc) is 1.99. The topological polar surface area (TPSA) is 99.1 Å². The van der Waals surface area contributed by atoms with E-state index < -0.39 is 15.8 Å². The van der Waals surface area contributed by atoms with E-state index >= 15 is 0 Å². The molecule has 0 atom stereocenters. The minimum atomic E-state index is -3.56. The van der Waals surface area contributed by atoms with E-state index in [0.29, 0.717) is 0 Å². The Bertz CT molecular complexity index is 376. The van der Waals surface area contributed by atoms with Crippen molar-refractivity contribution in [3.05, 3.63) is 0 Å². The molecule has 0 unspecified atom stereocenters. The SMILES string of the molecule is CC(C)(C)NC(=O)CCNS(=O)(=O)CC#N. The number of rotatable bonds is 5. The molecule has 0 aliphatic carbocycles. The highest BCUT2D eigenvalue weighted by Gasteiger charge is 2.14. The van der Waals surface area contributed by atoms with Gasteiger partial charge in [0.25, 0.3) is 0 Å². The minimum Gasteiger partial charge on any atom is -0.351 e. The molecular weight excluding hydrogens is 230 g/mol. The summed E-state index contributed by atoms with van der Waals surface area (Å²) in [7, 11) is -3.56. The molecule has 0 aromatic heterocycles. The number of hydrogen-bond donors (Lipinski definition) is 2. The van der Waals surface area contributed by atoms with Crippen LogP contribution in [0, 0.1) is 11.3 Å². The molecule has 0 saturated carbocycles. The molecular formula is C9H17N3O3S. The van der Waals surface area contributed by atoms with Crippen LogP contribution in [0.2, 0.25) is 0 Å². The standard InChI is InChI=1S/C9H17N3O3S/c1-9(2,3)12-8(13)4-6-11-16(14,15)7-5-10/h11H,4,6-7H2,1-3H3,(H,12,13). The quantitative estimate of drug-likeness (QED) is 0.698. The predicted molar refractivity (Wildman–Crippen MR) is 59.9 cm³/mol. The van der Waals surface area contributed by atoms with E-state index in [1.807, 2.05) is 20.8 Å². The molecule has 0 bridgehead atoms. The monoisotopic (exact) mass is 247 g/mol. The molecule has 0 saturated heterocycles. The third-order valence-corrected chi connectivity index (χ3v) is 2.60. The van der Waals surface area contributed by atoms with Crippen molar-refractivity contribution in [3.63, 3.8) is 0 Å². The van der Waals surface area contributed by atoms with E-state index in [0.717, 1.165) is 0 Å². The van der Waals surface area contributed by atoms with Gasteiger partial charge in [-0.3, -0.25) is 4.79 Å². The van der Waals surface area contributed by atoms with Gasteiger partial charge in [-0.15, -0.1) is 0 Å². The second-order valence-corrected chi connectivity index (χ2v) is 6.17. The van der Waals surface area contributed by atoms with Gasteiger partial charge in [-0.25, -0.2) is 13.1 Å². The maximum Gasteiger partial charge on any atom is 0.225 e. The van der Waals surface area contributed by atoms with Gasteiger partial charge >= 0.3 is 0 Å². The normalized spacial score (nSPS) is 11.9. The summed E-state index contributed by atoms with van der Waals surface area (Å²) in [5.74, 6) is -0.819. The van der Waals surface area contributed by atoms with Gasteiger partial charge in [0, 0.05) is 18.5 Å². The van der Waals surface area contributed by atoms with Crippen LogP contribution in [-0.4, -0.2) is 32.2 Å². The Labute approximate surface area is 96.1 Å². The number of amides is 1. The van der Waals surface area contributed by atoms with Crippen molar-refractivity contribution >= 4 is 15.9 Å². The second-order valence-electron chi connectivity index (χ2n) is 4.36. The molecule has 0 aromatic carbocycles. The fourth-order valence-corrected chi connectivity index (χ4v) is 1.62. The Morgan fingerprint density at radius 1 is 1.38 bits per heavy atom. The van der Waals surface area contributed by atoms with E-state index in [1.165, 1.54) is 6.07 Å². The van der Waals surface area contributed by atoms with Gasteiger partial charge in [0.1, 0.15) is 0 Å². The summed E-state index contributed by atoms with van der Waals surface area (Å²) in [5.41, 5.74) is -0.331. The maximum atomic E-state index is 11.3. The van der Waals surface area contributed by atoms with Crippen LogP contribution in [0.15, 0.2) is 0 Å². The number of nitrogens with one attached hydrogen (secondary N) is 2. The molecule has 0 aromatic rings. The molecule has 0 fully saturated rings. The van der Waals surface area contributed by atoms with E-state index in [9.17, 15) is 13.2 Å². The smallest absolute Gasteiger partial charge is 0.225 e. The molecule has 0 spiro atoms. The van der Waals surface area contributed by atoms with Gasteiger partial charge in [0.05, 0.1) is 6.07 Å². The van der Waals surface area contributed by atoms with Crippen molar-refractivity contribution < 1.29 is 13.2 Å². The predicted octanol–water partition coefficient (Wildman–Crippen LogP) is -0.266. The highest BCUT2D eigenvalue weighted by molar-refractivity contribution is 7.89. The fraction of sp³-hybridized carbons (Fsp3) is 0.778. The van der Waals surface area contributed by atoms with Crippen molar-refractivity contribution in [1.29, 1.82) is 5.26 Å². The van der Waals surface area contributed by atoms with Crippen molar-refractivity contribution in [2.75, 3.05) is 12.3 Å². The highest BCUT2D eigenvalue weighted by Crippen LogP contribution is 1.98. The molecule has 0 aliphatic heterocycles. The lowest BCUT2D eigenvalue weighted by Gasteiger charge is -2.20. The Kier molecular flexibility index (Phi) is 5.41. The summed E-state index contributed by atoms with van der Waals surface area (Å²) >= 11 is 0. The van der Waals surface area contributed by atoms with Crippen LogP contribution in [0.5, 0.6) is 0 Å². The van der Waals surface area contributed by atoms with E-state index in [2.05, 4.69) is 10.0 Å². The Balaban J connectivity index is 3.93. The van der Waals surface area contributed by atoms with Crippen LogP contribution in [0.4, 0.5) is 0 Å². The van der Waals surface area contributed by atoms with Crippen molar-refractivity contribution in [1.82, 2.24) is 10.0 Å². The minimum absolute atomic E-state index is 0.00588. The van der Waals surface area contributed by atoms with Crippen LogP contribution in [0.25, 0.3) is 0 Å². The third kappa shape index (κ3) is 8.20. The summed E-state index contributed by atoms with van der Waals surface area (Å²) in [5, 5.41) is 10.9. The van der Waals surface area contributed by atoms with Crippen LogP contribution in [0.1, 0.15) is 27.2 Å². The zero-order chi connectivity index (χ0) is 12.8. The molecule has 1 amide bonds. The Morgan fingerprint density at radius 3 is 2.38 bits per heavy atom. The molecule has 6 nitrogen and oxygen atoms in total. The molecule has 0 heterocycles. The first kappa shape index (κ1) is 14.9.